The number of nitrogens with two attached hydrogens (primary N) is 1. The van der Waals surface area contributed by atoms with Gasteiger partial charge in [-0.2, -0.15) is 16.8 Å². The van der Waals surface area contributed by atoms with Crippen molar-refractivity contribution < 1.29 is 49.8 Å². The van der Waals surface area contributed by atoms with Crippen LogP contribution in [0.2, 0.25) is 0 Å². The Labute approximate surface area is 200 Å². The largest absolute Gasteiger partial charge is 0.465 e. The van der Waals surface area contributed by atoms with Gasteiger partial charge in [0.15, 0.2) is 11.6 Å². The van der Waals surface area contributed by atoms with Crippen LogP contribution in [-0.2, 0) is 41.6 Å². The molecule has 12 nitrogen and oxygen atoms in total. The number of aliphatic hydroxyl groups excluding tert-OH is 1. The molecule has 2 unspecified atom stereocenters. The third-order valence-corrected chi connectivity index (χ3v) is 6.38. The van der Waals surface area contributed by atoms with Gasteiger partial charge in [0, 0.05) is 28.7 Å². The maximum atomic E-state index is 13.3. The van der Waals surface area contributed by atoms with E-state index in [1.165, 1.54) is 18.2 Å². The lowest BCUT2D eigenvalue weighted by molar-refractivity contribution is 0.0768. The van der Waals surface area contributed by atoms with Crippen LogP contribution in [0.1, 0.15) is 54.6 Å². The number of primary amides is 1. The Morgan fingerprint density at radius 3 is 2.00 bits per heavy atom. The van der Waals surface area contributed by atoms with E-state index in [2.05, 4.69) is 5.73 Å². The molecule has 0 aromatic heterocycles. The highest BCUT2D eigenvalue weighted by Crippen LogP contribution is 2.45. The minimum atomic E-state index is -4.07. The average Bonchev–Trinajstić information content (AvgIpc) is 3.05. The summed E-state index contributed by atoms with van der Waals surface area (Å²) in [6.07, 6.45) is -2.63. The monoisotopic (exact) mass is 527 g/mol. The Balaban J connectivity index is 0.000000795. The Hall–Kier alpha value is -3.17. The predicted octanol–water partition coefficient (Wildman–Crippen LogP) is 0.496. The van der Waals surface area contributed by atoms with Crippen molar-refractivity contribution in [2.24, 2.45) is 5.73 Å². The highest BCUT2D eigenvalue weighted by Gasteiger charge is 2.45. The second kappa shape index (κ2) is 9.47. The summed E-state index contributed by atoms with van der Waals surface area (Å²) in [5.41, 5.74) is 5.06. The molecule has 0 aliphatic heterocycles. The van der Waals surface area contributed by atoms with E-state index >= 15 is 0 Å². The van der Waals surface area contributed by atoms with E-state index in [1.54, 1.807) is 12.1 Å². The van der Waals surface area contributed by atoms with Crippen LogP contribution in [0.3, 0.4) is 0 Å². The SMILES string of the molecule is CS(=O)(=O)OC1Cc2c3c(cc(CO)c2C1OS(C)(=O)=O)C(=O)c1ccccc1C3=O.NC(=O)O. The quantitative estimate of drug-likeness (QED) is 0.389. The summed E-state index contributed by atoms with van der Waals surface area (Å²) in [6, 6.07) is 7.60. The molecular formula is C21H21NO11S2. The molecular weight excluding hydrogens is 506 g/mol. The molecule has 0 spiro atoms. The molecule has 2 aromatic rings. The number of amides is 1. The topological polar surface area (TPSA) is 204 Å². The maximum Gasteiger partial charge on any atom is 0.402 e. The van der Waals surface area contributed by atoms with Crippen LogP contribution in [0.25, 0.3) is 0 Å². The van der Waals surface area contributed by atoms with E-state index in [0.29, 0.717) is 0 Å². The number of fused-ring (bicyclic) bond motifs is 4. The Morgan fingerprint density at radius 2 is 1.51 bits per heavy atom. The van der Waals surface area contributed by atoms with Gasteiger partial charge in [-0.15, -0.1) is 0 Å². The number of hydrogen-bond acceptors (Lipinski definition) is 10. The molecule has 0 bridgehead atoms. The van der Waals surface area contributed by atoms with Crippen LogP contribution < -0.4 is 5.73 Å². The molecule has 2 aliphatic carbocycles. The normalized spacial score (nSPS) is 18.7. The van der Waals surface area contributed by atoms with Crippen molar-refractivity contribution >= 4 is 37.9 Å². The number of rotatable bonds is 5. The second-order valence-electron chi connectivity index (χ2n) is 7.81. The molecule has 14 heteroatoms. The summed E-state index contributed by atoms with van der Waals surface area (Å²) < 4.78 is 57.5. The molecule has 0 heterocycles. The first-order chi connectivity index (χ1) is 16.1. The lowest BCUT2D eigenvalue weighted by atomic mass is 9.79. The first-order valence-corrected chi connectivity index (χ1v) is 13.5. The molecule has 0 radical (unpaired) electrons. The van der Waals surface area contributed by atoms with Crippen molar-refractivity contribution in [3.8, 4) is 0 Å². The molecule has 0 saturated heterocycles. The van der Waals surface area contributed by atoms with Gasteiger partial charge >= 0.3 is 6.09 Å². The third kappa shape index (κ3) is 5.57. The number of hydrogen-bond donors (Lipinski definition) is 3. The van der Waals surface area contributed by atoms with Crippen LogP contribution in [0, 0.1) is 0 Å². The van der Waals surface area contributed by atoms with Gasteiger partial charge in [0.2, 0.25) is 0 Å². The van der Waals surface area contributed by atoms with Gasteiger partial charge in [-0.25, -0.2) is 4.79 Å². The van der Waals surface area contributed by atoms with E-state index in [4.69, 9.17) is 18.3 Å². The summed E-state index contributed by atoms with van der Waals surface area (Å²) in [4.78, 5) is 35.1. The first-order valence-electron chi connectivity index (χ1n) is 9.87. The lowest BCUT2D eigenvalue weighted by Gasteiger charge is -2.23. The minimum absolute atomic E-state index is 0.0394. The zero-order valence-corrected chi connectivity index (χ0v) is 20.1. The molecule has 1 amide bonds. The van der Waals surface area contributed by atoms with E-state index in [-0.39, 0.29) is 45.4 Å². The van der Waals surface area contributed by atoms with E-state index in [0.717, 1.165) is 12.5 Å². The zero-order valence-electron chi connectivity index (χ0n) is 18.4. The Bertz CT molecular complexity index is 1440. The van der Waals surface area contributed by atoms with E-state index in [1.807, 2.05) is 0 Å². The van der Waals surface area contributed by atoms with Crippen molar-refractivity contribution in [2.45, 2.75) is 25.2 Å². The maximum absolute atomic E-state index is 13.3. The molecule has 188 valence electrons. The van der Waals surface area contributed by atoms with Gasteiger partial charge in [0.1, 0.15) is 12.2 Å². The van der Waals surface area contributed by atoms with Crippen LogP contribution in [0.15, 0.2) is 30.3 Å². The van der Waals surface area contributed by atoms with E-state index in [9.17, 15) is 31.5 Å². The molecule has 2 aromatic carbocycles. The number of carboxylic acid groups (broad SMARTS) is 1. The summed E-state index contributed by atoms with van der Waals surface area (Å²) in [5, 5.41) is 17.1. The Kier molecular flexibility index (Phi) is 7.15. The summed E-state index contributed by atoms with van der Waals surface area (Å²) in [7, 11) is -8.08. The van der Waals surface area contributed by atoms with Gasteiger partial charge in [0.25, 0.3) is 20.2 Å². The molecule has 2 aliphatic rings. The molecule has 35 heavy (non-hydrogen) atoms. The fraction of sp³-hybridized carbons (Fsp3) is 0.286. The Morgan fingerprint density at radius 1 is 1.00 bits per heavy atom. The smallest absolute Gasteiger partial charge is 0.402 e. The molecule has 2 atom stereocenters. The fourth-order valence-corrected chi connectivity index (χ4v) is 5.43. The standard InChI is InChI=1S/C20H18O9S2.CH3NO2/c1-30(24,25)28-15-8-13-16(20(15)29-31(2,26)27)10(9-21)7-14-17(13)19(23)12-6-4-3-5-11(12)18(14)22;2-1(3)4/h3-7,15,20-21H,8-9H2,1-2H3;2H2,(H,3,4). The molecule has 0 fully saturated rings. The van der Waals surface area contributed by atoms with Crippen molar-refractivity contribution in [3.05, 3.63) is 69.3 Å². The van der Waals surface area contributed by atoms with E-state index < -0.39 is 56.7 Å². The van der Waals surface area contributed by atoms with Gasteiger partial charge in [-0.3, -0.25) is 18.0 Å². The number of carbonyl (C=O) groups excluding carboxylic acids is 2. The van der Waals surface area contributed by atoms with Gasteiger partial charge in [0.05, 0.1) is 19.1 Å². The van der Waals surface area contributed by atoms with Crippen LogP contribution in [-0.4, -0.2) is 63.3 Å². The van der Waals surface area contributed by atoms with Crippen molar-refractivity contribution in [2.75, 3.05) is 12.5 Å². The second-order valence-corrected chi connectivity index (χ2v) is 11.0. The molecule has 4 N–H and O–H groups in total. The number of benzene rings is 2. The summed E-state index contributed by atoms with van der Waals surface area (Å²) in [6.45, 7) is -0.589. The number of carbonyl (C=O) groups is 3. The average molecular weight is 528 g/mol. The van der Waals surface area contributed by atoms with Crippen molar-refractivity contribution in [1.82, 2.24) is 0 Å². The van der Waals surface area contributed by atoms with Gasteiger partial charge < -0.3 is 15.9 Å². The predicted molar refractivity (Wildman–Crippen MR) is 120 cm³/mol. The molecule has 4 rings (SSSR count). The minimum Gasteiger partial charge on any atom is -0.465 e. The number of aliphatic hydroxyl groups is 1. The van der Waals surface area contributed by atoms with Gasteiger partial charge in [-0.1, -0.05) is 24.3 Å². The van der Waals surface area contributed by atoms with Crippen molar-refractivity contribution in [1.29, 1.82) is 0 Å². The fourth-order valence-electron chi connectivity index (χ4n) is 4.21. The third-order valence-electron chi connectivity index (χ3n) is 5.22. The first kappa shape index (κ1) is 26.4. The number of ketones is 2. The zero-order chi connectivity index (χ0) is 26.3. The van der Waals surface area contributed by atoms with Crippen LogP contribution >= 0.6 is 0 Å². The highest BCUT2D eigenvalue weighted by atomic mass is 32.2. The van der Waals surface area contributed by atoms with Crippen LogP contribution in [0.5, 0.6) is 0 Å². The van der Waals surface area contributed by atoms with Crippen molar-refractivity contribution in [3.63, 3.8) is 0 Å². The van der Waals surface area contributed by atoms with Gasteiger partial charge in [-0.05, 0) is 22.8 Å². The molecule has 0 saturated carbocycles. The highest BCUT2D eigenvalue weighted by molar-refractivity contribution is 7.86. The summed E-state index contributed by atoms with van der Waals surface area (Å²) in [5.74, 6) is -0.875. The lowest BCUT2D eigenvalue weighted by Crippen LogP contribution is -2.26. The van der Waals surface area contributed by atoms with Crippen LogP contribution in [0.4, 0.5) is 4.79 Å². The summed E-state index contributed by atoms with van der Waals surface area (Å²) >= 11 is 0.